The molecule has 1 aromatic carbocycles. The summed E-state index contributed by atoms with van der Waals surface area (Å²) < 4.78 is 5.10. The number of carboxylic acids is 1. The normalized spacial score (nSPS) is 12.3. The number of ketones is 1. The van der Waals surface area contributed by atoms with Gasteiger partial charge in [-0.3, -0.25) is 9.59 Å². The Morgan fingerprint density at radius 3 is 2.57 bits per heavy atom. The highest BCUT2D eigenvalue weighted by molar-refractivity contribution is 6.02. The third-order valence-corrected chi connectivity index (χ3v) is 2.96. The lowest BCUT2D eigenvalue weighted by molar-refractivity contribution is -0.118. The summed E-state index contributed by atoms with van der Waals surface area (Å²) in [4.78, 5) is 34.5. The van der Waals surface area contributed by atoms with E-state index in [0.717, 1.165) is 18.4 Å². The molecule has 3 N–H and O–H groups in total. The number of rotatable bonds is 4. The molecule has 2 rings (SSSR count). The topological polar surface area (TPSA) is 125 Å². The highest BCUT2D eigenvalue weighted by Gasteiger charge is 2.21. The summed E-state index contributed by atoms with van der Waals surface area (Å²) in [6.07, 6.45) is -0.696. The van der Waals surface area contributed by atoms with E-state index in [9.17, 15) is 24.6 Å². The molecular formula is C14H12O7. The van der Waals surface area contributed by atoms with Crippen LogP contribution in [0.25, 0.3) is 11.0 Å². The van der Waals surface area contributed by atoms with Crippen LogP contribution in [0, 0.1) is 0 Å². The number of aliphatic hydroxyl groups is 1. The molecule has 0 aliphatic heterocycles. The number of carbonyl (C=O) groups is 2. The number of phenols is 1. The molecule has 0 radical (unpaired) electrons. The summed E-state index contributed by atoms with van der Waals surface area (Å²) in [6.45, 7) is 1.26. The van der Waals surface area contributed by atoms with Crippen molar-refractivity contribution in [3.05, 3.63) is 39.7 Å². The molecule has 1 aromatic heterocycles. The predicted molar refractivity (Wildman–Crippen MR) is 71.4 cm³/mol. The monoisotopic (exact) mass is 292 g/mol. The highest BCUT2D eigenvalue weighted by atomic mass is 16.4. The molecule has 110 valence electrons. The number of benzene rings is 1. The number of Topliss-reactive ketones (excluding diaryl/α,β-unsaturated/α-hetero) is 1. The Morgan fingerprint density at radius 2 is 2.00 bits per heavy atom. The van der Waals surface area contributed by atoms with Gasteiger partial charge in [0, 0.05) is 12.5 Å². The van der Waals surface area contributed by atoms with Crippen molar-refractivity contribution in [2.45, 2.75) is 19.4 Å². The van der Waals surface area contributed by atoms with E-state index in [1.165, 1.54) is 6.92 Å². The number of carbonyl (C=O) groups excluding carboxylic acids is 1. The van der Waals surface area contributed by atoms with E-state index >= 15 is 0 Å². The summed E-state index contributed by atoms with van der Waals surface area (Å²) in [6, 6.07) is 2.02. The Morgan fingerprint density at radius 1 is 1.33 bits per heavy atom. The maximum absolute atomic E-state index is 12.3. The lowest BCUT2D eigenvalue weighted by Gasteiger charge is -2.09. The van der Waals surface area contributed by atoms with Crippen LogP contribution in [0.2, 0.25) is 0 Å². The largest absolute Gasteiger partial charge is 0.508 e. The van der Waals surface area contributed by atoms with Gasteiger partial charge >= 0.3 is 5.97 Å². The van der Waals surface area contributed by atoms with Gasteiger partial charge in [0.2, 0.25) is 0 Å². The first kappa shape index (κ1) is 14.7. The lowest BCUT2D eigenvalue weighted by atomic mass is 10.0. The van der Waals surface area contributed by atoms with Crippen molar-refractivity contribution in [3.8, 4) is 5.75 Å². The van der Waals surface area contributed by atoms with E-state index in [-0.39, 0.29) is 34.5 Å². The van der Waals surface area contributed by atoms with Crippen molar-refractivity contribution in [3.63, 3.8) is 0 Å². The van der Waals surface area contributed by atoms with Crippen molar-refractivity contribution in [2.24, 2.45) is 0 Å². The van der Waals surface area contributed by atoms with Gasteiger partial charge in [-0.25, -0.2) is 4.79 Å². The fourth-order valence-electron chi connectivity index (χ4n) is 2.03. The molecule has 0 saturated heterocycles. The Kier molecular flexibility index (Phi) is 3.77. The first-order chi connectivity index (χ1) is 9.81. The maximum atomic E-state index is 12.3. The summed E-state index contributed by atoms with van der Waals surface area (Å²) in [7, 11) is 0. The van der Waals surface area contributed by atoms with Crippen LogP contribution in [0.5, 0.6) is 5.75 Å². The molecule has 0 amide bonds. The fraction of sp³-hybridized carbons (Fsp3) is 0.214. The number of carboxylic acid groups (broad SMARTS) is 1. The van der Waals surface area contributed by atoms with Crippen molar-refractivity contribution < 1.29 is 29.3 Å². The van der Waals surface area contributed by atoms with Crippen molar-refractivity contribution in [1.29, 1.82) is 0 Å². The number of phenolic OH excluding ortho intramolecular Hbond substituents is 1. The van der Waals surface area contributed by atoms with Crippen LogP contribution in [0.1, 0.15) is 35.4 Å². The second-order valence-corrected chi connectivity index (χ2v) is 4.61. The van der Waals surface area contributed by atoms with Gasteiger partial charge < -0.3 is 19.7 Å². The Hall–Kier alpha value is -2.67. The maximum Gasteiger partial charge on any atom is 0.336 e. The number of aliphatic hydroxyl groups excluding tert-OH is 1. The number of aromatic carboxylic acids is 1. The van der Waals surface area contributed by atoms with E-state index in [1.54, 1.807) is 0 Å². The zero-order valence-electron chi connectivity index (χ0n) is 11.0. The molecule has 0 fully saturated rings. The number of aromatic hydroxyl groups is 1. The molecule has 2 aromatic rings. The molecule has 1 heterocycles. The van der Waals surface area contributed by atoms with E-state index in [4.69, 9.17) is 9.52 Å². The molecule has 0 aliphatic carbocycles. The molecule has 0 aliphatic rings. The SMILES string of the molecule is CC(=O)CC(O)c1coc2cc(O)cc(C(=O)O)c2c1=O. The van der Waals surface area contributed by atoms with Crippen LogP contribution in [-0.2, 0) is 4.79 Å². The minimum absolute atomic E-state index is 0.115. The molecule has 0 saturated carbocycles. The quantitative estimate of drug-likeness (QED) is 0.773. The van der Waals surface area contributed by atoms with Crippen LogP contribution in [-0.4, -0.2) is 27.1 Å². The summed E-state index contributed by atoms with van der Waals surface area (Å²) in [5, 5.41) is 28.1. The highest BCUT2D eigenvalue weighted by Crippen LogP contribution is 2.25. The molecule has 1 atom stereocenters. The molecule has 7 heteroatoms. The predicted octanol–water partition coefficient (Wildman–Crippen LogP) is 1.21. The Balaban J connectivity index is 2.74. The number of hydrogen-bond acceptors (Lipinski definition) is 6. The van der Waals surface area contributed by atoms with Gasteiger partial charge in [0.1, 0.15) is 23.4 Å². The van der Waals surface area contributed by atoms with Gasteiger partial charge in [0.05, 0.1) is 22.6 Å². The van der Waals surface area contributed by atoms with Gasteiger partial charge in [-0.1, -0.05) is 0 Å². The smallest absolute Gasteiger partial charge is 0.336 e. The second-order valence-electron chi connectivity index (χ2n) is 4.61. The van der Waals surface area contributed by atoms with Crippen LogP contribution >= 0.6 is 0 Å². The van der Waals surface area contributed by atoms with Crippen molar-refractivity contribution >= 4 is 22.7 Å². The van der Waals surface area contributed by atoms with Gasteiger partial charge in [-0.2, -0.15) is 0 Å². The molecule has 1 unspecified atom stereocenters. The van der Waals surface area contributed by atoms with E-state index < -0.39 is 23.1 Å². The first-order valence-electron chi connectivity index (χ1n) is 6.00. The van der Waals surface area contributed by atoms with Crippen molar-refractivity contribution in [2.75, 3.05) is 0 Å². The third kappa shape index (κ3) is 2.77. The molecule has 21 heavy (non-hydrogen) atoms. The lowest BCUT2D eigenvalue weighted by Crippen LogP contribution is -2.17. The van der Waals surface area contributed by atoms with E-state index in [2.05, 4.69) is 0 Å². The third-order valence-electron chi connectivity index (χ3n) is 2.96. The van der Waals surface area contributed by atoms with Crippen LogP contribution in [0.15, 0.2) is 27.6 Å². The second kappa shape index (κ2) is 5.37. The summed E-state index contributed by atoms with van der Waals surface area (Å²) in [5.74, 6) is -2.10. The van der Waals surface area contributed by atoms with Gasteiger partial charge in [0.25, 0.3) is 0 Å². The zero-order chi connectivity index (χ0) is 15.7. The van der Waals surface area contributed by atoms with Crippen LogP contribution < -0.4 is 5.43 Å². The molecular weight excluding hydrogens is 280 g/mol. The van der Waals surface area contributed by atoms with Gasteiger partial charge in [0.15, 0.2) is 5.43 Å². The van der Waals surface area contributed by atoms with Gasteiger partial charge in [-0.15, -0.1) is 0 Å². The average molecular weight is 292 g/mol. The minimum atomic E-state index is -1.42. The van der Waals surface area contributed by atoms with Crippen LogP contribution in [0.4, 0.5) is 0 Å². The van der Waals surface area contributed by atoms with Crippen LogP contribution in [0.3, 0.4) is 0 Å². The zero-order valence-corrected chi connectivity index (χ0v) is 11.0. The van der Waals surface area contributed by atoms with Crippen molar-refractivity contribution in [1.82, 2.24) is 0 Å². The fourth-order valence-corrected chi connectivity index (χ4v) is 2.03. The first-order valence-corrected chi connectivity index (χ1v) is 6.00. The Bertz CT molecular complexity index is 788. The average Bonchev–Trinajstić information content (AvgIpc) is 2.36. The Labute approximate surface area is 118 Å². The summed E-state index contributed by atoms with van der Waals surface area (Å²) >= 11 is 0. The van der Waals surface area contributed by atoms with E-state index in [0.29, 0.717) is 0 Å². The van der Waals surface area contributed by atoms with Gasteiger partial charge in [-0.05, 0) is 13.0 Å². The minimum Gasteiger partial charge on any atom is -0.508 e. The van der Waals surface area contributed by atoms with E-state index in [1.807, 2.05) is 0 Å². The number of hydrogen-bond donors (Lipinski definition) is 3. The number of fused-ring (bicyclic) bond motifs is 1. The molecule has 0 bridgehead atoms. The molecule has 0 spiro atoms. The summed E-state index contributed by atoms with van der Waals surface area (Å²) in [5.41, 5.74) is -1.50. The standard InChI is InChI=1S/C14H12O7/c1-6(15)2-10(17)9-5-21-11-4-7(16)3-8(14(19)20)12(11)13(9)18/h3-5,10,16-17H,2H2,1H3,(H,19,20). The molecule has 7 nitrogen and oxygen atoms in total.